The molecule has 1 aliphatic carbocycles. The van der Waals surface area contributed by atoms with Crippen LogP contribution in [0.2, 0.25) is 0 Å². The Morgan fingerprint density at radius 1 is 1.59 bits per heavy atom. The Hall–Kier alpha value is -2.23. The minimum atomic E-state index is -1.27. The number of allylic oxidation sites excluding steroid dienone is 2. The molecule has 0 bridgehead atoms. The van der Waals surface area contributed by atoms with Gasteiger partial charge >= 0.3 is 0 Å². The highest BCUT2D eigenvalue weighted by molar-refractivity contribution is 6.05. The molecule has 1 aliphatic heterocycles. The van der Waals surface area contributed by atoms with E-state index in [9.17, 15) is 14.7 Å². The second kappa shape index (κ2) is 6.26. The second-order valence-corrected chi connectivity index (χ2v) is 5.56. The zero-order chi connectivity index (χ0) is 16.3. The van der Waals surface area contributed by atoms with Crippen molar-refractivity contribution in [3.8, 4) is 6.07 Å². The molecule has 3 N–H and O–H groups in total. The van der Waals surface area contributed by atoms with Crippen molar-refractivity contribution in [2.75, 3.05) is 19.7 Å². The van der Waals surface area contributed by atoms with Crippen LogP contribution in [-0.2, 0) is 9.59 Å². The number of aliphatic hydroxyl groups is 1. The van der Waals surface area contributed by atoms with E-state index in [1.54, 1.807) is 18.2 Å². The molecule has 1 amide bonds. The SMILES string of the molecule is C=CCN1CCC(=O)C(C2(CO)C=CC=C(C#N)C2N)C1=O. The Labute approximate surface area is 129 Å². The van der Waals surface area contributed by atoms with E-state index in [0.29, 0.717) is 13.1 Å². The molecule has 0 aromatic carbocycles. The van der Waals surface area contributed by atoms with Gasteiger partial charge in [-0.15, -0.1) is 6.58 Å². The lowest BCUT2D eigenvalue weighted by molar-refractivity contribution is -0.152. The molecule has 3 atom stereocenters. The third-order valence-corrected chi connectivity index (χ3v) is 4.40. The predicted octanol–water partition coefficient (Wildman–Crippen LogP) is -0.0842. The molecule has 116 valence electrons. The van der Waals surface area contributed by atoms with Crippen molar-refractivity contribution in [3.63, 3.8) is 0 Å². The van der Waals surface area contributed by atoms with Gasteiger partial charge in [0.25, 0.3) is 0 Å². The molecule has 2 aliphatic rings. The van der Waals surface area contributed by atoms with E-state index in [1.165, 1.54) is 11.0 Å². The van der Waals surface area contributed by atoms with Gasteiger partial charge in [0.1, 0.15) is 11.7 Å². The Balaban J connectivity index is 2.45. The standard InChI is InChI=1S/C16H19N3O3/c1-2-7-19-8-5-12(21)13(15(19)22)16(10-20)6-3-4-11(9-17)14(16)18/h2-4,6,13-14,20H,1,5,7-8,10,18H2. The van der Waals surface area contributed by atoms with Gasteiger partial charge in [-0.3, -0.25) is 9.59 Å². The number of carbonyl (C=O) groups is 2. The van der Waals surface area contributed by atoms with Crippen LogP contribution in [-0.4, -0.2) is 47.4 Å². The van der Waals surface area contributed by atoms with Crippen LogP contribution in [0, 0.1) is 22.7 Å². The first-order valence-electron chi connectivity index (χ1n) is 7.10. The summed E-state index contributed by atoms with van der Waals surface area (Å²) < 4.78 is 0. The number of likely N-dealkylation sites (tertiary alicyclic amines) is 1. The van der Waals surface area contributed by atoms with Crippen LogP contribution in [0.15, 0.2) is 36.5 Å². The van der Waals surface area contributed by atoms with E-state index in [2.05, 4.69) is 6.58 Å². The number of hydrogen-bond donors (Lipinski definition) is 2. The highest BCUT2D eigenvalue weighted by atomic mass is 16.3. The summed E-state index contributed by atoms with van der Waals surface area (Å²) in [4.78, 5) is 26.6. The normalized spacial score (nSPS) is 31.7. The molecule has 3 unspecified atom stereocenters. The fourth-order valence-corrected chi connectivity index (χ4v) is 3.14. The first-order valence-corrected chi connectivity index (χ1v) is 7.10. The third kappa shape index (κ3) is 2.39. The monoisotopic (exact) mass is 301 g/mol. The van der Waals surface area contributed by atoms with Crippen molar-refractivity contribution in [1.29, 1.82) is 5.26 Å². The minimum Gasteiger partial charge on any atom is -0.395 e. The molecule has 6 nitrogen and oxygen atoms in total. The van der Waals surface area contributed by atoms with Crippen molar-refractivity contribution < 1.29 is 14.7 Å². The highest BCUT2D eigenvalue weighted by Crippen LogP contribution is 2.41. The van der Waals surface area contributed by atoms with E-state index in [0.717, 1.165) is 0 Å². The smallest absolute Gasteiger partial charge is 0.234 e. The zero-order valence-electron chi connectivity index (χ0n) is 12.2. The lowest BCUT2D eigenvalue weighted by Gasteiger charge is -2.44. The number of hydrogen-bond acceptors (Lipinski definition) is 5. The number of piperidine rings is 1. The Morgan fingerprint density at radius 2 is 2.32 bits per heavy atom. The van der Waals surface area contributed by atoms with Crippen molar-refractivity contribution >= 4 is 11.7 Å². The molecule has 0 radical (unpaired) electrons. The lowest BCUT2D eigenvalue weighted by Crippen LogP contribution is -2.60. The van der Waals surface area contributed by atoms with E-state index in [-0.39, 0.29) is 23.7 Å². The molecular formula is C16H19N3O3. The maximum atomic E-state index is 12.7. The van der Waals surface area contributed by atoms with Gasteiger partial charge in [-0.2, -0.15) is 5.26 Å². The molecule has 2 rings (SSSR count). The predicted molar refractivity (Wildman–Crippen MR) is 80.2 cm³/mol. The fraction of sp³-hybridized carbons (Fsp3) is 0.438. The Bertz CT molecular complexity index is 602. The number of Topliss-reactive ketones (excluding diaryl/α,β-unsaturated/α-hetero) is 1. The summed E-state index contributed by atoms with van der Waals surface area (Å²) in [5.41, 5.74) is 5.09. The second-order valence-electron chi connectivity index (χ2n) is 5.56. The number of nitriles is 1. The van der Waals surface area contributed by atoms with Crippen LogP contribution in [0.25, 0.3) is 0 Å². The van der Waals surface area contributed by atoms with Crippen LogP contribution in [0.4, 0.5) is 0 Å². The maximum absolute atomic E-state index is 12.7. The van der Waals surface area contributed by atoms with Gasteiger partial charge in [0.2, 0.25) is 5.91 Å². The van der Waals surface area contributed by atoms with Crippen LogP contribution in [0.1, 0.15) is 6.42 Å². The number of amides is 1. The molecule has 1 fully saturated rings. The number of carbonyl (C=O) groups excluding carboxylic acids is 2. The number of rotatable bonds is 4. The molecule has 1 heterocycles. The molecular weight excluding hydrogens is 282 g/mol. The summed E-state index contributed by atoms with van der Waals surface area (Å²) in [5.74, 6) is -1.70. The zero-order valence-corrected chi connectivity index (χ0v) is 12.2. The van der Waals surface area contributed by atoms with Crippen LogP contribution in [0.3, 0.4) is 0 Å². The van der Waals surface area contributed by atoms with Crippen molar-refractivity contribution in [2.24, 2.45) is 17.1 Å². The van der Waals surface area contributed by atoms with Gasteiger partial charge in [-0.1, -0.05) is 18.2 Å². The molecule has 0 aromatic rings. The van der Waals surface area contributed by atoms with E-state index < -0.39 is 24.0 Å². The highest BCUT2D eigenvalue weighted by Gasteiger charge is 2.53. The first kappa shape index (κ1) is 16.1. The van der Waals surface area contributed by atoms with Crippen LogP contribution < -0.4 is 5.73 Å². The summed E-state index contributed by atoms with van der Waals surface area (Å²) in [6.07, 6.45) is 6.49. The topological polar surface area (TPSA) is 107 Å². The molecule has 6 heteroatoms. The van der Waals surface area contributed by atoms with Crippen molar-refractivity contribution in [1.82, 2.24) is 4.90 Å². The summed E-state index contributed by atoms with van der Waals surface area (Å²) >= 11 is 0. The maximum Gasteiger partial charge on any atom is 0.234 e. The van der Waals surface area contributed by atoms with Crippen LogP contribution in [0.5, 0.6) is 0 Å². The van der Waals surface area contributed by atoms with Gasteiger partial charge < -0.3 is 15.7 Å². The number of nitrogens with two attached hydrogens (primary N) is 1. The molecule has 0 saturated carbocycles. The quantitative estimate of drug-likeness (QED) is 0.557. The molecule has 22 heavy (non-hydrogen) atoms. The molecule has 0 spiro atoms. The summed E-state index contributed by atoms with van der Waals surface area (Å²) in [6, 6.07) is 1.07. The van der Waals surface area contributed by atoms with Crippen molar-refractivity contribution in [3.05, 3.63) is 36.5 Å². The Morgan fingerprint density at radius 3 is 2.91 bits per heavy atom. The summed E-state index contributed by atoms with van der Waals surface area (Å²) in [6.45, 7) is 3.80. The van der Waals surface area contributed by atoms with Gasteiger partial charge in [0.15, 0.2) is 0 Å². The van der Waals surface area contributed by atoms with E-state index in [4.69, 9.17) is 11.0 Å². The molecule has 0 aromatic heterocycles. The summed E-state index contributed by atoms with van der Waals surface area (Å²) in [5, 5.41) is 19.1. The van der Waals surface area contributed by atoms with Gasteiger partial charge in [-0.05, 0) is 6.08 Å². The van der Waals surface area contributed by atoms with Crippen LogP contribution >= 0.6 is 0 Å². The minimum absolute atomic E-state index is 0.207. The van der Waals surface area contributed by atoms with Gasteiger partial charge in [-0.25, -0.2) is 0 Å². The summed E-state index contributed by atoms with van der Waals surface area (Å²) in [7, 11) is 0. The fourth-order valence-electron chi connectivity index (χ4n) is 3.14. The largest absolute Gasteiger partial charge is 0.395 e. The number of nitrogens with zero attached hydrogens (tertiary/aromatic N) is 2. The molecule has 1 saturated heterocycles. The van der Waals surface area contributed by atoms with Gasteiger partial charge in [0.05, 0.1) is 24.1 Å². The first-order chi connectivity index (χ1) is 10.5. The van der Waals surface area contributed by atoms with E-state index in [1.807, 2.05) is 6.07 Å². The van der Waals surface area contributed by atoms with Crippen molar-refractivity contribution in [2.45, 2.75) is 12.5 Å². The third-order valence-electron chi connectivity index (χ3n) is 4.40. The average Bonchev–Trinajstić information content (AvgIpc) is 2.52. The lowest BCUT2D eigenvalue weighted by atomic mass is 9.63. The van der Waals surface area contributed by atoms with Gasteiger partial charge in [0, 0.05) is 25.1 Å². The average molecular weight is 301 g/mol. The van der Waals surface area contributed by atoms with E-state index >= 15 is 0 Å². The number of aliphatic hydroxyl groups excluding tert-OH is 1. The Kier molecular flexibility index (Phi) is 4.59. The number of ketones is 1.